The van der Waals surface area contributed by atoms with Gasteiger partial charge in [0.15, 0.2) is 0 Å². The molecule has 0 aromatic heterocycles. The summed E-state index contributed by atoms with van der Waals surface area (Å²) in [7, 11) is 0. The van der Waals surface area contributed by atoms with E-state index >= 15 is 0 Å². The quantitative estimate of drug-likeness (QED) is 0.867. The van der Waals surface area contributed by atoms with Crippen LogP contribution >= 0.6 is 24.8 Å². The SMILES string of the molecule is CC(C)(C)[C@H](c1ccc(O)cc1F)N1CCNCC1.Cl.Cl. The number of rotatable bonds is 2. The third-order valence-electron chi connectivity index (χ3n) is 3.62. The third kappa shape index (κ3) is 4.99. The lowest BCUT2D eigenvalue weighted by molar-refractivity contribution is 0.0834. The molecule has 1 aliphatic rings. The first-order chi connectivity index (χ1) is 8.89. The highest BCUT2D eigenvalue weighted by Crippen LogP contribution is 2.39. The standard InChI is InChI=1S/C15H23FN2O.2ClH/c1-15(2,3)14(18-8-6-17-7-9-18)12-5-4-11(19)10-13(12)16;;/h4-5,10,14,17,19H,6-9H2,1-3H3;2*1H/t14-;;/m0../s1. The van der Waals surface area contributed by atoms with Crippen molar-refractivity contribution in [1.82, 2.24) is 10.2 Å². The second-order valence-corrected chi connectivity index (χ2v) is 6.26. The number of nitrogens with one attached hydrogen (secondary N) is 1. The van der Waals surface area contributed by atoms with Crippen LogP contribution in [0.3, 0.4) is 0 Å². The van der Waals surface area contributed by atoms with E-state index in [4.69, 9.17) is 0 Å². The maximum absolute atomic E-state index is 14.2. The third-order valence-corrected chi connectivity index (χ3v) is 3.62. The first-order valence-corrected chi connectivity index (χ1v) is 6.83. The second-order valence-electron chi connectivity index (χ2n) is 6.26. The van der Waals surface area contributed by atoms with Gasteiger partial charge in [-0.05, 0) is 11.5 Å². The van der Waals surface area contributed by atoms with Crippen LogP contribution in [0.25, 0.3) is 0 Å². The van der Waals surface area contributed by atoms with Crippen molar-refractivity contribution in [1.29, 1.82) is 0 Å². The molecule has 1 saturated heterocycles. The Kier molecular flexibility index (Phi) is 7.97. The Morgan fingerprint density at radius 2 is 1.76 bits per heavy atom. The molecule has 1 aromatic carbocycles. The van der Waals surface area contributed by atoms with E-state index in [-0.39, 0.29) is 47.8 Å². The van der Waals surface area contributed by atoms with Gasteiger partial charge in [-0.2, -0.15) is 0 Å². The predicted molar refractivity (Wildman–Crippen MR) is 89.2 cm³/mol. The van der Waals surface area contributed by atoms with Gasteiger partial charge in [0.1, 0.15) is 11.6 Å². The van der Waals surface area contributed by atoms with E-state index in [1.54, 1.807) is 12.1 Å². The zero-order valence-corrected chi connectivity index (χ0v) is 14.4. The van der Waals surface area contributed by atoms with Crippen molar-refractivity contribution in [2.24, 2.45) is 5.41 Å². The van der Waals surface area contributed by atoms with Gasteiger partial charge in [-0.25, -0.2) is 4.39 Å². The number of nitrogens with zero attached hydrogens (tertiary/aromatic N) is 1. The Labute approximate surface area is 138 Å². The number of hydrogen-bond donors (Lipinski definition) is 2. The van der Waals surface area contributed by atoms with Gasteiger partial charge < -0.3 is 10.4 Å². The van der Waals surface area contributed by atoms with Gasteiger partial charge in [0.25, 0.3) is 0 Å². The maximum Gasteiger partial charge on any atom is 0.131 e. The highest BCUT2D eigenvalue weighted by Gasteiger charge is 2.34. The second kappa shape index (κ2) is 8.18. The molecule has 0 radical (unpaired) electrons. The number of phenols is 1. The molecule has 2 N–H and O–H groups in total. The largest absolute Gasteiger partial charge is 0.508 e. The summed E-state index contributed by atoms with van der Waals surface area (Å²) in [4.78, 5) is 2.33. The average Bonchev–Trinajstić information content (AvgIpc) is 2.32. The van der Waals surface area contributed by atoms with E-state index < -0.39 is 0 Å². The average molecular weight is 339 g/mol. The molecule has 0 amide bonds. The van der Waals surface area contributed by atoms with Crippen molar-refractivity contribution in [3.63, 3.8) is 0 Å². The van der Waals surface area contributed by atoms with Gasteiger partial charge in [-0.15, -0.1) is 24.8 Å². The zero-order valence-electron chi connectivity index (χ0n) is 12.7. The Hall–Kier alpha value is -0.550. The molecule has 6 heteroatoms. The molecule has 0 aliphatic carbocycles. The van der Waals surface area contributed by atoms with Crippen molar-refractivity contribution in [3.8, 4) is 5.75 Å². The molecule has 21 heavy (non-hydrogen) atoms. The Balaban J connectivity index is 0.00000200. The first-order valence-electron chi connectivity index (χ1n) is 6.83. The number of aromatic hydroxyl groups is 1. The summed E-state index contributed by atoms with van der Waals surface area (Å²) in [5.41, 5.74) is 0.613. The van der Waals surface area contributed by atoms with Crippen LogP contribution < -0.4 is 5.32 Å². The van der Waals surface area contributed by atoms with E-state index in [1.165, 1.54) is 6.07 Å². The first kappa shape index (κ1) is 20.5. The molecule has 0 saturated carbocycles. The van der Waals surface area contributed by atoms with E-state index in [0.717, 1.165) is 26.2 Å². The van der Waals surface area contributed by atoms with Gasteiger partial charge in [0.2, 0.25) is 0 Å². The lowest BCUT2D eigenvalue weighted by Gasteiger charge is -2.42. The van der Waals surface area contributed by atoms with Crippen LogP contribution in [-0.4, -0.2) is 36.2 Å². The monoisotopic (exact) mass is 338 g/mol. The van der Waals surface area contributed by atoms with E-state index in [9.17, 15) is 9.50 Å². The highest BCUT2D eigenvalue weighted by atomic mass is 35.5. The van der Waals surface area contributed by atoms with Crippen LogP contribution in [0.1, 0.15) is 32.4 Å². The number of halogens is 3. The molecule has 1 heterocycles. The number of piperazine rings is 1. The molecule has 2 rings (SSSR count). The van der Waals surface area contributed by atoms with Gasteiger partial charge >= 0.3 is 0 Å². The van der Waals surface area contributed by atoms with E-state index in [0.29, 0.717) is 5.56 Å². The Bertz CT molecular complexity index is 446. The fourth-order valence-electron chi connectivity index (χ4n) is 2.89. The topological polar surface area (TPSA) is 35.5 Å². The Morgan fingerprint density at radius 3 is 2.24 bits per heavy atom. The number of phenolic OH excluding ortho intramolecular Hbond substituents is 1. The summed E-state index contributed by atoms with van der Waals surface area (Å²) >= 11 is 0. The lowest BCUT2D eigenvalue weighted by atomic mass is 9.80. The smallest absolute Gasteiger partial charge is 0.131 e. The minimum Gasteiger partial charge on any atom is -0.508 e. The van der Waals surface area contributed by atoms with Crippen molar-refractivity contribution in [2.75, 3.05) is 26.2 Å². The molecule has 1 atom stereocenters. The van der Waals surface area contributed by atoms with Crippen molar-refractivity contribution in [2.45, 2.75) is 26.8 Å². The van der Waals surface area contributed by atoms with Crippen molar-refractivity contribution >= 4 is 24.8 Å². The van der Waals surface area contributed by atoms with Crippen LogP contribution in [-0.2, 0) is 0 Å². The molecule has 122 valence electrons. The zero-order chi connectivity index (χ0) is 14.0. The van der Waals surface area contributed by atoms with Crippen LogP contribution in [0, 0.1) is 11.2 Å². The normalized spacial score (nSPS) is 17.5. The highest BCUT2D eigenvalue weighted by molar-refractivity contribution is 5.85. The summed E-state index contributed by atoms with van der Waals surface area (Å²) in [6.45, 7) is 10.1. The molecule has 3 nitrogen and oxygen atoms in total. The molecule has 0 bridgehead atoms. The predicted octanol–water partition coefficient (Wildman–Crippen LogP) is 3.37. The summed E-state index contributed by atoms with van der Waals surface area (Å²) in [5, 5.41) is 12.7. The van der Waals surface area contributed by atoms with Crippen LogP contribution in [0.2, 0.25) is 0 Å². The molecule has 1 aliphatic heterocycles. The van der Waals surface area contributed by atoms with Gasteiger partial charge in [0.05, 0.1) is 0 Å². The molecule has 1 fully saturated rings. The molecular formula is C15H25Cl2FN2O. The number of benzene rings is 1. The van der Waals surface area contributed by atoms with E-state index in [1.807, 2.05) is 0 Å². The summed E-state index contributed by atoms with van der Waals surface area (Å²) in [6, 6.07) is 4.51. The fourth-order valence-corrected chi connectivity index (χ4v) is 2.89. The van der Waals surface area contributed by atoms with Gasteiger partial charge in [-0.3, -0.25) is 4.90 Å². The van der Waals surface area contributed by atoms with Crippen LogP contribution in [0.15, 0.2) is 18.2 Å². The minimum absolute atomic E-state index is 0. The fraction of sp³-hybridized carbons (Fsp3) is 0.600. The lowest BCUT2D eigenvalue weighted by Crippen LogP contribution is -2.48. The van der Waals surface area contributed by atoms with E-state index in [2.05, 4.69) is 31.0 Å². The summed E-state index contributed by atoms with van der Waals surface area (Å²) in [5.74, 6) is -0.340. The molecule has 0 spiro atoms. The molecule has 0 unspecified atom stereocenters. The van der Waals surface area contributed by atoms with Crippen molar-refractivity contribution in [3.05, 3.63) is 29.6 Å². The Morgan fingerprint density at radius 1 is 1.19 bits per heavy atom. The van der Waals surface area contributed by atoms with Gasteiger partial charge in [0, 0.05) is 43.9 Å². The molecule has 1 aromatic rings. The molecular weight excluding hydrogens is 314 g/mol. The van der Waals surface area contributed by atoms with Crippen LogP contribution in [0.5, 0.6) is 5.75 Å². The van der Waals surface area contributed by atoms with Crippen molar-refractivity contribution < 1.29 is 9.50 Å². The summed E-state index contributed by atoms with van der Waals surface area (Å²) < 4.78 is 14.2. The number of hydrogen-bond acceptors (Lipinski definition) is 3. The van der Waals surface area contributed by atoms with Crippen LogP contribution in [0.4, 0.5) is 4.39 Å². The summed E-state index contributed by atoms with van der Waals surface area (Å²) in [6.07, 6.45) is 0. The minimum atomic E-state index is -0.321. The maximum atomic E-state index is 14.2. The van der Waals surface area contributed by atoms with Gasteiger partial charge in [-0.1, -0.05) is 26.8 Å².